The van der Waals surface area contributed by atoms with E-state index in [2.05, 4.69) is 24.5 Å². The van der Waals surface area contributed by atoms with Crippen LogP contribution in [-0.4, -0.2) is 19.0 Å². The van der Waals surface area contributed by atoms with E-state index in [1.165, 1.54) is 25.7 Å². The molecule has 1 rings (SSSR count). The number of unbranched alkanes of at least 4 members (excludes halogenated alkanes) is 3. The van der Waals surface area contributed by atoms with Gasteiger partial charge in [0.2, 0.25) is 0 Å². The lowest BCUT2D eigenvalue weighted by atomic mass is 10.1. The number of carbonyl (C=O) groups excluding carboxylic acids is 1. The van der Waals surface area contributed by atoms with Crippen LogP contribution in [0.3, 0.4) is 0 Å². The largest absolute Gasteiger partial charge is 0.387 e. The molecule has 0 aliphatic carbocycles. The zero-order valence-corrected chi connectivity index (χ0v) is 12.3. The first-order chi connectivity index (χ1) is 9.19. The van der Waals surface area contributed by atoms with Crippen molar-refractivity contribution in [3.8, 4) is 0 Å². The molecular formula is C16H26N2O. The number of benzene rings is 1. The maximum absolute atomic E-state index is 12.2. The summed E-state index contributed by atoms with van der Waals surface area (Å²) >= 11 is 0. The van der Waals surface area contributed by atoms with Crippen LogP contribution in [0.25, 0.3) is 0 Å². The average molecular weight is 262 g/mol. The maximum Gasteiger partial charge on any atom is 0.253 e. The lowest BCUT2D eigenvalue weighted by Gasteiger charge is -2.15. The van der Waals surface area contributed by atoms with Gasteiger partial charge in [-0.3, -0.25) is 4.79 Å². The van der Waals surface area contributed by atoms with E-state index in [9.17, 15) is 4.79 Å². The molecule has 1 amide bonds. The smallest absolute Gasteiger partial charge is 0.253 e. The summed E-state index contributed by atoms with van der Waals surface area (Å²) in [6.45, 7) is 4.28. The number of hydrogen-bond donors (Lipinski definition) is 2. The first-order valence-corrected chi connectivity index (χ1v) is 7.26. The quantitative estimate of drug-likeness (QED) is 0.699. The second-order valence-corrected chi connectivity index (χ2v) is 5.02. The fourth-order valence-corrected chi connectivity index (χ4v) is 2.15. The molecule has 0 heterocycles. The third-order valence-corrected chi connectivity index (χ3v) is 3.31. The van der Waals surface area contributed by atoms with E-state index >= 15 is 0 Å². The highest BCUT2D eigenvalue weighted by Crippen LogP contribution is 2.14. The van der Waals surface area contributed by atoms with Crippen molar-refractivity contribution < 1.29 is 4.79 Å². The van der Waals surface area contributed by atoms with Crippen molar-refractivity contribution >= 4 is 11.6 Å². The summed E-state index contributed by atoms with van der Waals surface area (Å²) in [7, 11) is 1.83. The number of carbonyl (C=O) groups is 1. The van der Waals surface area contributed by atoms with Gasteiger partial charge in [-0.15, -0.1) is 0 Å². The highest BCUT2D eigenvalue weighted by Gasteiger charge is 2.12. The fraction of sp³-hybridized carbons (Fsp3) is 0.562. The van der Waals surface area contributed by atoms with Crippen molar-refractivity contribution in [3.05, 3.63) is 29.8 Å². The molecule has 1 aromatic carbocycles. The van der Waals surface area contributed by atoms with Crippen LogP contribution in [0.5, 0.6) is 0 Å². The summed E-state index contributed by atoms with van der Waals surface area (Å²) in [6, 6.07) is 7.82. The number of para-hydroxylation sites is 1. The third-order valence-electron chi connectivity index (χ3n) is 3.31. The van der Waals surface area contributed by atoms with E-state index in [1.807, 2.05) is 31.3 Å². The van der Waals surface area contributed by atoms with Gasteiger partial charge in [0.15, 0.2) is 0 Å². The Morgan fingerprint density at radius 2 is 1.95 bits per heavy atom. The molecule has 0 aromatic heterocycles. The van der Waals surface area contributed by atoms with Crippen LogP contribution in [0.15, 0.2) is 24.3 Å². The summed E-state index contributed by atoms with van der Waals surface area (Å²) in [5, 5.41) is 6.12. The average Bonchev–Trinajstić information content (AvgIpc) is 2.43. The normalized spacial score (nSPS) is 11.9. The van der Waals surface area contributed by atoms with Crippen LogP contribution in [0.2, 0.25) is 0 Å². The number of hydrogen-bond acceptors (Lipinski definition) is 2. The Hall–Kier alpha value is -1.51. The highest BCUT2D eigenvalue weighted by molar-refractivity contribution is 5.99. The summed E-state index contributed by atoms with van der Waals surface area (Å²) < 4.78 is 0. The Balaban J connectivity index is 2.45. The van der Waals surface area contributed by atoms with E-state index in [0.29, 0.717) is 5.56 Å². The molecule has 2 N–H and O–H groups in total. The van der Waals surface area contributed by atoms with Crippen LogP contribution < -0.4 is 10.6 Å². The molecule has 19 heavy (non-hydrogen) atoms. The molecule has 0 fully saturated rings. The van der Waals surface area contributed by atoms with Crippen molar-refractivity contribution in [1.29, 1.82) is 0 Å². The van der Waals surface area contributed by atoms with Crippen LogP contribution in [0.1, 0.15) is 56.3 Å². The Morgan fingerprint density at radius 1 is 1.21 bits per heavy atom. The molecule has 0 aliphatic rings. The molecule has 1 aromatic rings. The standard InChI is InChI=1S/C16H26N2O/c1-4-5-6-7-10-13(2)18-16(19)14-11-8-9-12-15(14)17-3/h8-9,11-13,17H,4-7,10H2,1-3H3,(H,18,19). The molecule has 0 saturated heterocycles. The third kappa shape index (κ3) is 5.33. The van der Waals surface area contributed by atoms with Gasteiger partial charge in [0, 0.05) is 18.8 Å². The second kappa shape index (κ2) is 8.57. The van der Waals surface area contributed by atoms with Crippen molar-refractivity contribution in [3.63, 3.8) is 0 Å². The molecule has 0 radical (unpaired) electrons. The topological polar surface area (TPSA) is 41.1 Å². The summed E-state index contributed by atoms with van der Waals surface area (Å²) in [6.07, 6.45) is 6.01. The molecule has 3 nitrogen and oxygen atoms in total. The zero-order valence-electron chi connectivity index (χ0n) is 12.3. The first-order valence-electron chi connectivity index (χ1n) is 7.26. The number of amides is 1. The summed E-state index contributed by atoms with van der Waals surface area (Å²) in [4.78, 5) is 12.2. The minimum Gasteiger partial charge on any atom is -0.387 e. The number of anilines is 1. The van der Waals surface area contributed by atoms with Gasteiger partial charge in [-0.25, -0.2) is 0 Å². The molecule has 1 unspecified atom stereocenters. The van der Waals surface area contributed by atoms with Crippen LogP contribution in [0, 0.1) is 0 Å². The van der Waals surface area contributed by atoms with Crippen molar-refractivity contribution in [2.45, 2.75) is 52.0 Å². The van der Waals surface area contributed by atoms with E-state index in [4.69, 9.17) is 0 Å². The van der Waals surface area contributed by atoms with E-state index < -0.39 is 0 Å². The number of nitrogens with one attached hydrogen (secondary N) is 2. The number of rotatable bonds is 8. The molecule has 3 heteroatoms. The van der Waals surface area contributed by atoms with E-state index in [1.54, 1.807) is 0 Å². The predicted molar refractivity (Wildman–Crippen MR) is 81.7 cm³/mol. The van der Waals surface area contributed by atoms with Gasteiger partial charge >= 0.3 is 0 Å². The highest BCUT2D eigenvalue weighted by atomic mass is 16.1. The molecule has 0 saturated carbocycles. The van der Waals surface area contributed by atoms with Crippen LogP contribution in [0.4, 0.5) is 5.69 Å². The fourth-order valence-electron chi connectivity index (χ4n) is 2.15. The van der Waals surface area contributed by atoms with Crippen molar-refractivity contribution in [2.24, 2.45) is 0 Å². The summed E-state index contributed by atoms with van der Waals surface area (Å²) in [5.74, 6) is 0.00735. The van der Waals surface area contributed by atoms with Gasteiger partial charge in [0.25, 0.3) is 5.91 Å². The van der Waals surface area contributed by atoms with E-state index in [-0.39, 0.29) is 11.9 Å². The van der Waals surface area contributed by atoms with Crippen molar-refractivity contribution in [1.82, 2.24) is 5.32 Å². The van der Waals surface area contributed by atoms with Crippen molar-refractivity contribution in [2.75, 3.05) is 12.4 Å². The Kier molecular flexibility index (Phi) is 7.01. The van der Waals surface area contributed by atoms with Gasteiger partial charge < -0.3 is 10.6 Å². The predicted octanol–water partition coefficient (Wildman–Crippen LogP) is 3.82. The lowest BCUT2D eigenvalue weighted by molar-refractivity contribution is 0.0938. The van der Waals surface area contributed by atoms with Crippen LogP contribution >= 0.6 is 0 Å². The van der Waals surface area contributed by atoms with Gasteiger partial charge in [-0.2, -0.15) is 0 Å². The molecule has 0 spiro atoms. The molecular weight excluding hydrogens is 236 g/mol. The Morgan fingerprint density at radius 3 is 2.63 bits per heavy atom. The SMILES string of the molecule is CCCCCCC(C)NC(=O)c1ccccc1NC. The Bertz CT molecular complexity index is 390. The monoisotopic (exact) mass is 262 g/mol. The Labute approximate surface area is 116 Å². The molecule has 1 atom stereocenters. The van der Waals surface area contributed by atoms with Gasteiger partial charge in [0.05, 0.1) is 5.56 Å². The summed E-state index contributed by atoms with van der Waals surface area (Å²) in [5.41, 5.74) is 1.59. The second-order valence-electron chi connectivity index (χ2n) is 5.02. The lowest BCUT2D eigenvalue weighted by Crippen LogP contribution is -2.32. The molecule has 0 bridgehead atoms. The van der Waals surface area contributed by atoms with E-state index in [0.717, 1.165) is 12.1 Å². The zero-order chi connectivity index (χ0) is 14.1. The molecule has 106 valence electrons. The van der Waals surface area contributed by atoms with Gasteiger partial charge in [-0.05, 0) is 25.5 Å². The first kappa shape index (κ1) is 15.5. The maximum atomic E-state index is 12.2. The minimum absolute atomic E-state index is 0.00735. The van der Waals surface area contributed by atoms with Gasteiger partial charge in [0.1, 0.15) is 0 Å². The molecule has 0 aliphatic heterocycles. The van der Waals surface area contributed by atoms with Crippen LogP contribution in [-0.2, 0) is 0 Å². The minimum atomic E-state index is 0.00735. The van der Waals surface area contributed by atoms with Gasteiger partial charge in [-0.1, -0.05) is 44.7 Å².